The monoisotopic (exact) mass is 522 g/mol. The molecule has 4 aromatic rings. The van der Waals surface area contributed by atoms with Crippen LogP contribution in [0.4, 0.5) is 5.69 Å². The fraction of sp³-hybridized carbons (Fsp3) is 0. The molecule has 0 aliphatic rings. The summed E-state index contributed by atoms with van der Waals surface area (Å²) in [6.07, 6.45) is 1.36. The molecule has 0 saturated carbocycles. The molecule has 0 aliphatic carbocycles. The molecule has 0 atom stereocenters. The van der Waals surface area contributed by atoms with Crippen molar-refractivity contribution < 1.29 is 17.4 Å². The molecule has 174 valence electrons. The number of nitrogens with one attached hydrogen (secondary N) is 1. The van der Waals surface area contributed by atoms with Gasteiger partial charge in [0.15, 0.2) is 0 Å². The van der Waals surface area contributed by atoms with Crippen LogP contribution in [0.2, 0.25) is 10.0 Å². The molecule has 35 heavy (non-hydrogen) atoms. The third kappa shape index (κ3) is 5.64. The normalized spacial score (nSPS) is 11.6. The van der Waals surface area contributed by atoms with E-state index in [2.05, 4.69) is 5.32 Å². The second-order valence-electron chi connectivity index (χ2n) is 7.34. The number of carbonyl (C=O) groups excluding carboxylic acids is 1. The summed E-state index contributed by atoms with van der Waals surface area (Å²) in [7, 11) is -4.06. The minimum Gasteiger partial charge on any atom is -0.379 e. The first-order valence-electron chi connectivity index (χ1n) is 10.2. The molecule has 0 bridgehead atoms. The van der Waals surface area contributed by atoms with E-state index in [1.54, 1.807) is 30.3 Å². The predicted molar refractivity (Wildman–Crippen MR) is 137 cm³/mol. The van der Waals surface area contributed by atoms with Crippen LogP contribution in [-0.4, -0.2) is 14.3 Å². The van der Waals surface area contributed by atoms with Gasteiger partial charge in [-0.25, -0.2) is 0 Å². The van der Waals surface area contributed by atoms with E-state index >= 15 is 0 Å². The lowest BCUT2D eigenvalue weighted by atomic mass is 10.1. The number of halogens is 2. The van der Waals surface area contributed by atoms with Crippen molar-refractivity contribution in [2.24, 2.45) is 0 Å². The van der Waals surface area contributed by atoms with Gasteiger partial charge in [0.05, 0.1) is 15.7 Å². The van der Waals surface area contributed by atoms with Crippen LogP contribution in [0.1, 0.15) is 5.56 Å². The lowest BCUT2D eigenvalue weighted by molar-refractivity contribution is -0.112. The molecule has 9 heteroatoms. The molecule has 6 nitrogen and oxygen atoms in total. The van der Waals surface area contributed by atoms with Gasteiger partial charge < -0.3 is 9.50 Å². The highest BCUT2D eigenvalue weighted by molar-refractivity contribution is 7.87. The van der Waals surface area contributed by atoms with E-state index in [4.69, 9.17) is 27.4 Å². The first kappa shape index (κ1) is 24.3. The average Bonchev–Trinajstić information content (AvgIpc) is 2.85. The molecule has 0 saturated heterocycles. The topological polar surface area (TPSA) is 96.3 Å². The highest BCUT2D eigenvalue weighted by atomic mass is 35.5. The summed E-state index contributed by atoms with van der Waals surface area (Å²) < 4.78 is 30.7. The highest BCUT2D eigenvalue weighted by Gasteiger charge is 2.17. The smallest absolute Gasteiger partial charge is 0.339 e. The molecular formula is C26H16Cl2N2O4S. The zero-order valence-corrected chi connectivity index (χ0v) is 20.2. The van der Waals surface area contributed by atoms with Crippen molar-refractivity contribution in [3.05, 3.63) is 106 Å². The highest BCUT2D eigenvalue weighted by Crippen LogP contribution is 2.30. The van der Waals surface area contributed by atoms with Gasteiger partial charge in [0.25, 0.3) is 5.91 Å². The number of hydrogen-bond donors (Lipinski definition) is 1. The molecule has 0 aromatic heterocycles. The Morgan fingerprint density at radius 1 is 0.914 bits per heavy atom. The minimum atomic E-state index is -4.06. The molecule has 4 rings (SSSR count). The summed E-state index contributed by atoms with van der Waals surface area (Å²) in [6, 6.07) is 24.7. The molecule has 1 N–H and O–H groups in total. The molecule has 0 radical (unpaired) electrons. The van der Waals surface area contributed by atoms with Gasteiger partial charge in [-0.05, 0) is 58.8 Å². The minimum absolute atomic E-state index is 0.0308. The van der Waals surface area contributed by atoms with Crippen molar-refractivity contribution in [3.63, 3.8) is 0 Å². The number of nitrogens with zero attached hydrogens (tertiary/aromatic N) is 1. The molecule has 0 spiro atoms. The summed E-state index contributed by atoms with van der Waals surface area (Å²) in [6.45, 7) is 0. The molecule has 4 aromatic carbocycles. The maximum atomic E-state index is 12.7. The van der Waals surface area contributed by atoms with E-state index in [1.807, 2.05) is 30.3 Å². The Labute approximate surface area is 212 Å². The molecular weight excluding hydrogens is 507 g/mol. The second-order valence-corrected chi connectivity index (χ2v) is 9.67. The summed E-state index contributed by atoms with van der Waals surface area (Å²) in [5.41, 5.74) is 0.579. The van der Waals surface area contributed by atoms with Crippen molar-refractivity contribution in [1.82, 2.24) is 0 Å². The Kier molecular flexibility index (Phi) is 7.08. The van der Waals surface area contributed by atoms with Gasteiger partial charge in [-0.1, -0.05) is 71.7 Å². The number of amides is 1. The van der Waals surface area contributed by atoms with Crippen LogP contribution >= 0.6 is 23.2 Å². The van der Waals surface area contributed by atoms with Gasteiger partial charge in [0, 0.05) is 0 Å². The van der Waals surface area contributed by atoms with Crippen LogP contribution in [0, 0.1) is 11.3 Å². The SMILES string of the molecule is N#CC(=Cc1ccc(OS(=O)(=O)c2ccc3ccccc3c2)cc1)C(=O)Nc1cccc(Cl)c1Cl. The third-order valence-corrected chi connectivity index (χ3v) is 7.03. The summed E-state index contributed by atoms with van der Waals surface area (Å²) >= 11 is 12.0. The van der Waals surface area contributed by atoms with Crippen molar-refractivity contribution in [2.45, 2.75) is 4.90 Å². The van der Waals surface area contributed by atoms with Gasteiger partial charge in [-0.2, -0.15) is 13.7 Å². The molecule has 0 unspecified atom stereocenters. The van der Waals surface area contributed by atoms with Crippen LogP contribution in [0.25, 0.3) is 16.8 Å². The average molecular weight is 523 g/mol. The van der Waals surface area contributed by atoms with Crippen molar-refractivity contribution in [1.29, 1.82) is 5.26 Å². The maximum absolute atomic E-state index is 12.7. The number of benzene rings is 4. The van der Waals surface area contributed by atoms with E-state index in [9.17, 15) is 18.5 Å². The van der Waals surface area contributed by atoms with Crippen LogP contribution in [0.5, 0.6) is 5.75 Å². The van der Waals surface area contributed by atoms with E-state index in [0.29, 0.717) is 5.56 Å². The largest absolute Gasteiger partial charge is 0.379 e. The fourth-order valence-corrected chi connectivity index (χ4v) is 4.54. The first-order chi connectivity index (χ1) is 16.8. The number of rotatable bonds is 6. The number of fused-ring (bicyclic) bond motifs is 1. The van der Waals surface area contributed by atoms with Gasteiger partial charge in [0.1, 0.15) is 22.3 Å². The Morgan fingerprint density at radius 2 is 1.63 bits per heavy atom. The summed E-state index contributed by atoms with van der Waals surface area (Å²) in [5, 5.41) is 14.1. The molecule has 0 fully saturated rings. The Morgan fingerprint density at radius 3 is 2.34 bits per heavy atom. The van der Waals surface area contributed by atoms with Gasteiger partial charge in [0.2, 0.25) is 0 Å². The number of carbonyl (C=O) groups is 1. The zero-order valence-electron chi connectivity index (χ0n) is 17.9. The number of anilines is 1. The van der Waals surface area contributed by atoms with E-state index in [0.717, 1.165) is 10.8 Å². The lowest BCUT2D eigenvalue weighted by Gasteiger charge is -2.09. The van der Waals surface area contributed by atoms with E-state index < -0.39 is 16.0 Å². The van der Waals surface area contributed by atoms with Gasteiger partial charge in [-0.3, -0.25) is 4.79 Å². The molecule has 0 heterocycles. The van der Waals surface area contributed by atoms with Crippen molar-refractivity contribution in [2.75, 3.05) is 5.32 Å². The van der Waals surface area contributed by atoms with Gasteiger partial charge in [-0.15, -0.1) is 0 Å². The van der Waals surface area contributed by atoms with Crippen LogP contribution in [0.3, 0.4) is 0 Å². The van der Waals surface area contributed by atoms with E-state index in [-0.39, 0.29) is 32.0 Å². The standard InChI is InChI=1S/C26H16Cl2N2O4S/c27-23-6-3-7-24(25(23)28)30-26(31)20(16-29)14-17-8-11-21(12-9-17)34-35(32,33)22-13-10-18-4-1-2-5-19(18)15-22/h1-15H,(H,30,31). The first-order valence-corrected chi connectivity index (χ1v) is 12.3. The summed E-state index contributed by atoms with van der Waals surface area (Å²) in [4.78, 5) is 12.5. The zero-order chi connectivity index (χ0) is 25.0. The second kappa shape index (κ2) is 10.2. The molecule has 0 aliphatic heterocycles. The predicted octanol–water partition coefficient (Wildman–Crippen LogP) is 6.46. The Balaban J connectivity index is 1.50. The number of hydrogen-bond acceptors (Lipinski definition) is 5. The fourth-order valence-electron chi connectivity index (χ4n) is 3.22. The summed E-state index contributed by atoms with van der Waals surface area (Å²) in [5.74, 6) is -0.583. The van der Waals surface area contributed by atoms with Crippen molar-refractivity contribution in [3.8, 4) is 11.8 Å². The Hall–Kier alpha value is -3.83. The van der Waals surface area contributed by atoms with Crippen molar-refractivity contribution >= 4 is 61.8 Å². The van der Waals surface area contributed by atoms with Crippen LogP contribution in [0.15, 0.2) is 95.4 Å². The quantitative estimate of drug-likeness (QED) is 0.178. The Bertz CT molecular complexity index is 1610. The lowest BCUT2D eigenvalue weighted by Crippen LogP contribution is -2.13. The van der Waals surface area contributed by atoms with Crippen LogP contribution in [-0.2, 0) is 14.9 Å². The number of nitriles is 1. The maximum Gasteiger partial charge on any atom is 0.339 e. The van der Waals surface area contributed by atoms with Gasteiger partial charge >= 0.3 is 10.1 Å². The van der Waals surface area contributed by atoms with Crippen LogP contribution < -0.4 is 9.50 Å². The third-order valence-electron chi connectivity index (χ3n) is 4.97. The van der Waals surface area contributed by atoms with E-state index in [1.165, 1.54) is 36.4 Å². The molecule has 1 amide bonds.